The molecule has 11 aromatic rings. The first-order valence-electron chi connectivity index (χ1n) is 21.3. The molecule has 0 saturated heterocycles. The molecule has 0 aliphatic carbocycles. The fraction of sp³-hybridized carbons (Fsp3) is 0.0351. The van der Waals surface area contributed by atoms with Crippen LogP contribution in [0.4, 0.5) is 17.1 Å². The summed E-state index contributed by atoms with van der Waals surface area (Å²) in [5.41, 5.74) is 13.9. The second-order valence-corrected chi connectivity index (χ2v) is 16.0. The van der Waals surface area contributed by atoms with E-state index >= 15 is 0 Å². The SMILES string of the molecule is c1ccc(-c2ccc(N(c3ccc(-c4ccccc4)cc3)c3ccc(C4=NC(c5cccc6c5oc5ccccc56)NC(c5ccccc5)N4)c4c3oc3ccccc34)cc2)cc1. The van der Waals surface area contributed by atoms with E-state index < -0.39 is 6.17 Å². The molecular formula is C57H40N4O2. The lowest BCUT2D eigenvalue weighted by Gasteiger charge is -2.32. The molecule has 0 fully saturated rings. The summed E-state index contributed by atoms with van der Waals surface area (Å²) in [6.07, 6.45) is -0.676. The van der Waals surface area contributed by atoms with Gasteiger partial charge in [0.1, 0.15) is 34.9 Å². The highest BCUT2D eigenvalue weighted by Crippen LogP contribution is 2.45. The number of nitrogens with zero attached hydrogens (tertiary/aromatic N) is 2. The smallest absolute Gasteiger partial charge is 0.160 e. The summed E-state index contributed by atoms with van der Waals surface area (Å²) in [5.74, 6) is 0.759. The number of hydrogen-bond donors (Lipinski definition) is 2. The first-order valence-corrected chi connectivity index (χ1v) is 21.3. The minimum absolute atomic E-state index is 0.251. The van der Waals surface area contributed by atoms with Crippen molar-refractivity contribution < 1.29 is 8.83 Å². The molecule has 0 saturated carbocycles. The van der Waals surface area contributed by atoms with Crippen LogP contribution in [-0.2, 0) is 0 Å². The van der Waals surface area contributed by atoms with Crippen molar-refractivity contribution in [1.29, 1.82) is 0 Å². The number of aliphatic imine (C=N–C) groups is 1. The van der Waals surface area contributed by atoms with Crippen LogP contribution in [0.25, 0.3) is 66.1 Å². The maximum atomic E-state index is 6.98. The first kappa shape index (κ1) is 36.6. The van der Waals surface area contributed by atoms with Gasteiger partial charge in [0.15, 0.2) is 5.58 Å². The van der Waals surface area contributed by atoms with Gasteiger partial charge in [0, 0.05) is 44.0 Å². The Morgan fingerprint density at radius 2 is 0.952 bits per heavy atom. The van der Waals surface area contributed by atoms with Gasteiger partial charge in [0.05, 0.1) is 5.69 Å². The molecule has 1 aliphatic heterocycles. The van der Waals surface area contributed by atoms with Gasteiger partial charge in [-0.3, -0.25) is 5.32 Å². The molecule has 6 nitrogen and oxygen atoms in total. The van der Waals surface area contributed by atoms with E-state index in [1.807, 2.05) is 30.3 Å². The molecule has 2 atom stereocenters. The summed E-state index contributed by atoms with van der Waals surface area (Å²) < 4.78 is 13.6. The normalized spacial score (nSPS) is 15.1. The summed E-state index contributed by atoms with van der Waals surface area (Å²) in [5, 5.41) is 11.8. The lowest BCUT2D eigenvalue weighted by atomic mass is 10.00. The number of fused-ring (bicyclic) bond motifs is 6. The summed E-state index contributed by atoms with van der Waals surface area (Å²) in [6, 6.07) is 76.3. The highest BCUT2D eigenvalue weighted by atomic mass is 16.3. The Morgan fingerprint density at radius 1 is 0.429 bits per heavy atom. The maximum absolute atomic E-state index is 6.98. The zero-order valence-electron chi connectivity index (χ0n) is 34.2. The molecule has 0 radical (unpaired) electrons. The number of furan rings is 2. The summed E-state index contributed by atoms with van der Waals surface area (Å²) >= 11 is 0. The Kier molecular flexibility index (Phi) is 8.94. The molecule has 9 aromatic carbocycles. The van der Waals surface area contributed by atoms with Crippen molar-refractivity contribution in [2.45, 2.75) is 12.3 Å². The number of para-hydroxylation sites is 3. The molecule has 3 heterocycles. The molecule has 2 aromatic heterocycles. The Labute approximate surface area is 364 Å². The van der Waals surface area contributed by atoms with E-state index in [9.17, 15) is 0 Å². The predicted molar refractivity (Wildman–Crippen MR) is 258 cm³/mol. The quantitative estimate of drug-likeness (QED) is 0.160. The Bertz CT molecular complexity index is 3370. The van der Waals surface area contributed by atoms with Crippen molar-refractivity contribution in [3.05, 3.63) is 235 Å². The molecule has 0 bridgehead atoms. The average molecular weight is 813 g/mol. The highest BCUT2D eigenvalue weighted by Gasteiger charge is 2.30. The van der Waals surface area contributed by atoms with Crippen LogP contribution in [0.15, 0.2) is 232 Å². The number of anilines is 3. The molecule has 6 heteroatoms. The lowest BCUT2D eigenvalue weighted by Crippen LogP contribution is -2.45. The predicted octanol–water partition coefficient (Wildman–Crippen LogP) is 14.6. The van der Waals surface area contributed by atoms with E-state index in [1.165, 1.54) is 11.1 Å². The fourth-order valence-electron chi connectivity index (χ4n) is 9.14. The van der Waals surface area contributed by atoms with E-state index in [-0.39, 0.29) is 6.17 Å². The molecule has 0 spiro atoms. The number of amidine groups is 1. The van der Waals surface area contributed by atoms with Crippen LogP contribution in [0.3, 0.4) is 0 Å². The molecule has 300 valence electrons. The van der Waals surface area contributed by atoms with E-state index in [2.05, 4.69) is 204 Å². The van der Waals surface area contributed by atoms with Gasteiger partial charge < -0.3 is 19.1 Å². The second kappa shape index (κ2) is 15.4. The molecule has 63 heavy (non-hydrogen) atoms. The number of benzene rings is 9. The van der Waals surface area contributed by atoms with Gasteiger partial charge in [-0.2, -0.15) is 0 Å². The monoisotopic (exact) mass is 812 g/mol. The highest BCUT2D eigenvalue weighted by molar-refractivity contribution is 6.21. The first-order chi connectivity index (χ1) is 31.2. The van der Waals surface area contributed by atoms with Crippen LogP contribution >= 0.6 is 0 Å². The lowest BCUT2D eigenvalue weighted by molar-refractivity contribution is 0.408. The van der Waals surface area contributed by atoms with Crippen molar-refractivity contribution in [3.63, 3.8) is 0 Å². The van der Waals surface area contributed by atoms with E-state index in [0.717, 1.165) is 94.6 Å². The molecule has 2 N–H and O–H groups in total. The zero-order chi connectivity index (χ0) is 41.7. The van der Waals surface area contributed by atoms with E-state index in [4.69, 9.17) is 13.8 Å². The third kappa shape index (κ3) is 6.52. The van der Waals surface area contributed by atoms with Crippen molar-refractivity contribution in [3.8, 4) is 22.3 Å². The van der Waals surface area contributed by atoms with Crippen LogP contribution < -0.4 is 15.5 Å². The molecule has 1 aliphatic rings. The minimum atomic E-state index is -0.425. The Hall–Kier alpha value is -8.19. The van der Waals surface area contributed by atoms with Crippen molar-refractivity contribution in [2.75, 3.05) is 4.90 Å². The van der Waals surface area contributed by atoms with E-state index in [1.54, 1.807) is 0 Å². The van der Waals surface area contributed by atoms with Gasteiger partial charge in [-0.1, -0.05) is 170 Å². The van der Waals surface area contributed by atoms with Gasteiger partial charge in [-0.25, -0.2) is 4.99 Å². The fourth-order valence-corrected chi connectivity index (χ4v) is 9.14. The molecule has 0 amide bonds. The van der Waals surface area contributed by atoms with Gasteiger partial charge in [0.25, 0.3) is 0 Å². The van der Waals surface area contributed by atoms with Crippen molar-refractivity contribution in [2.24, 2.45) is 4.99 Å². The topological polar surface area (TPSA) is 65.9 Å². The summed E-state index contributed by atoms with van der Waals surface area (Å²) in [4.78, 5) is 7.80. The van der Waals surface area contributed by atoms with Crippen LogP contribution in [0, 0.1) is 0 Å². The average Bonchev–Trinajstić information content (AvgIpc) is 3.95. The number of hydrogen-bond acceptors (Lipinski definition) is 6. The summed E-state index contributed by atoms with van der Waals surface area (Å²) in [6.45, 7) is 0. The van der Waals surface area contributed by atoms with Crippen LogP contribution in [-0.4, -0.2) is 5.84 Å². The van der Waals surface area contributed by atoms with Gasteiger partial charge in [-0.05, 0) is 76.3 Å². The maximum Gasteiger partial charge on any atom is 0.160 e. The van der Waals surface area contributed by atoms with Crippen molar-refractivity contribution in [1.82, 2.24) is 10.6 Å². The molecular weight excluding hydrogens is 773 g/mol. The second-order valence-electron chi connectivity index (χ2n) is 16.0. The standard InChI is InChI=1S/C57H40N4O2/c1-4-15-37(16-5-1)39-27-31-42(32-28-39)61(43-33-29-40(30-34-43)38-17-6-2-7-18-38)49-36-35-47(52-46-22-11-13-26-51(46)63-54(49)52)56-58-55(41-19-8-3-9-20-41)59-57(60-56)48-24-14-23-45-44-21-10-12-25-50(44)62-53(45)48/h1-36,55,57,59H,(H,58,60). The number of nitrogens with one attached hydrogen (secondary N) is 2. The van der Waals surface area contributed by atoms with Crippen LogP contribution in [0.1, 0.15) is 29.0 Å². The third-order valence-corrected chi connectivity index (χ3v) is 12.2. The third-order valence-electron chi connectivity index (χ3n) is 12.2. The zero-order valence-corrected chi connectivity index (χ0v) is 34.2. The van der Waals surface area contributed by atoms with Crippen LogP contribution in [0.2, 0.25) is 0 Å². The van der Waals surface area contributed by atoms with Crippen LogP contribution in [0.5, 0.6) is 0 Å². The molecule has 12 rings (SSSR count). The van der Waals surface area contributed by atoms with Gasteiger partial charge in [0.2, 0.25) is 0 Å². The Balaban J connectivity index is 1.05. The number of rotatable bonds is 8. The van der Waals surface area contributed by atoms with Gasteiger partial charge in [-0.15, -0.1) is 0 Å². The largest absolute Gasteiger partial charge is 0.456 e. The van der Waals surface area contributed by atoms with Gasteiger partial charge >= 0.3 is 0 Å². The summed E-state index contributed by atoms with van der Waals surface area (Å²) in [7, 11) is 0. The van der Waals surface area contributed by atoms with E-state index in [0.29, 0.717) is 0 Å². The minimum Gasteiger partial charge on any atom is -0.456 e. The molecule has 2 unspecified atom stereocenters. The van der Waals surface area contributed by atoms with Crippen molar-refractivity contribution >= 4 is 66.8 Å². The Morgan fingerprint density at radius 3 is 1.60 bits per heavy atom.